The number of hydrogen-bond donors (Lipinski definition) is 0. The number of thioether (sulfide) groups is 1. The summed E-state index contributed by atoms with van der Waals surface area (Å²) in [5.41, 5.74) is 1.26. The fourth-order valence-corrected chi connectivity index (χ4v) is 19.5. The maximum Gasteiger partial charge on any atom is 0.394 e. The lowest BCUT2D eigenvalue weighted by atomic mass is 10.0. The molecular weight excluding hydrogens is 616 g/mol. The Kier molecular flexibility index (Phi) is 13.4. The van der Waals surface area contributed by atoms with Crippen molar-refractivity contribution in [2.45, 2.75) is 84.0 Å². The Bertz CT molecular complexity index is 880. The van der Waals surface area contributed by atoms with Gasteiger partial charge in [-0.2, -0.15) is 11.8 Å². The van der Waals surface area contributed by atoms with Crippen LogP contribution in [-0.2, 0) is 11.0 Å². The summed E-state index contributed by atoms with van der Waals surface area (Å²) in [6.07, 6.45) is 11.8. The molecule has 1 aromatic carbocycles. The molecule has 0 radical (unpaired) electrons. The van der Waals surface area contributed by atoms with Gasteiger partial charge in [-0.15, -0.1) is 0 Å². The van der Waals surface area contributed by atoms with E-state index in [1.165, 1.54) is 62.7 Å². The van der Waals surface area contributed by atoms with Gasteiger partial charge in [0.25, 0.3) is 0 Å². The van der Waals surface area contributed by atoms with Crippen LogP contribution in [0.1, 0.15) is 56.9 Å². The maximum atomic E-state index is 13.1. The van der Waals surface area contributed by atoms with Crippen LogP contribution in [-0.4, -0.2) is 69.5 Å². The first-order valence-electron chi connectivity index (χ1n) is 13.2. The van der Waals surface area contributed by atoms with E-state index in [0.29, 0.717) is 5.75 Å². The molecule has 4 rings (SSSR count). The predicted octanol–water partition coefficient (Wildman–Crippen LogP) is 9.64. The molecule has 0 saturated carbocycles. The molecule has 3 aliphatic heterocycles. The molecule has 2 bridgehead atoms. The summed E-state index contributed by atoms with van der Waals surface area (Å²) in [6.45, 7) is 0. The zero-order chi connectivity index (χ0) is 26.3. The average Bonchev–Trinajstić information content (AvgIpc) is 3.54. The van der Waals surface area contributed by atoms with Crippen LogP contribution in [0, 0.1) is 0 Å². The van der Waals surface area contributed by atoms with E-state index in [1.54, 1.807) is 37.5 Å². The minimum absolute atomic E-state index is 0.688. The molecule has 3 saturated heterocycles. The summed E-state index contributed by atoms with van der Waals surface area (Å²) in [5, 5.41) is 4.30. The molecule has 1 aromatic rings. The first-order valence-corrected chi connectivity index (χ1v) is 23.0. The van der Waals surface area contributed by atoms with Gasteiger partial charge in [0, 0.05) is 32.0 Å². The minimum Gasteiger partial charge on any atom is -0.422 e. The zero-order valence-electron chi connectivity index (χ0n) is 22.3. The molecule has 0 aromatic heterocycles. The van der Waals surface area contributed by atoms with Crippen molar-refractivity contribution in [3.8, 4) is 5.75 Å². The summed E-state index contributed by atoms with van der Waals surface area (Å²) >= 11 is 2.16. The molecule has 5 unspecified atom stereocenters. The van der Waals surface area contributed by atoms with Crippen molar-refractivity contribution in [1.82, 2.24) is 9.34 Å². The summed E-state index contributed by atoms with van der Waals surface area (Å²) < 4.78 is 22.4. The number of benzene rings is 1. The zero-order valence-corrected chi connectivity index (χ0v) is 28.9. The third-order valence-corrected chi connectivity index (χ3v) is 21.5. The van der Waals surface area contributed by atoms with Crippen LogP contribution in [0.3, 0.4) is 0 Å². The number of rotatable bonds is 14. The average molecular weight is 657 g/mol. The SMILES string of the molecule is CN(C)P(=O)(Oc1cccc(CCCCCCCC2SSSSC(CC3CS3)C3CC2SS3)c1)N(C)C. The quantitative estimate of drug-likeness (QED) is 0.0831. The molecule has 0 spiro atoms. The second kappa shape index (κ2) is 15.7. The van der Waals surface area contributed by atoms with Crippen molar-refractivity contribution in [3.05, 3.63) is 29.8 Å². The number of aryl methyl sites for hydroxylation is 1. The van der Waals surface area contributed by atoms with Crippen LogP contribution in [0.2, 0.25) is 0 Å². The first kappa shape index (κ1) is 31.6. The minimum atomic E-state index is -3.02. The third kappa shape index (κ3) is 9.85. The molecule has 0 aliphatic carbocycles. The molecule has 37 heavy (non-hydrogen) atoms. The van der Waals surface area contributed by atoms with Gasteiger partial charge in [0.15, 0.2) is 0 Å². The highest BCUT2D eigenvalue weighted by molar-refractivity contribution is 9.26. The van der Waals surface area contributed by atoms with E-state index in [0.717, 1.165) is 32.7 Å². The van der Waals surface area contributed by atoms with Gasteiger partial charge in [0.2, 0.25) is 0 Å². The van der Waals surface area contributed by atoms with Gasteiger partial charge in [-0.1, -0.05) is 81.0 Å². The second-order valence-electron chi connectivity index (χ2n) is 10.3. The Labute approximate surface area is 252 Å². The molecule has 3 aliphatic rings. The Balaban J connectivity index is 1.13. The molecule has 3 heterocycles. The first-order chi connectivity index (χ1) is 17.8. The lowest BCUT2D eigenvalue weighted by Gasteiger charge is -2.29. The normalized spacial score (nSPS) is 28.2. The molecule has 5 atom stereocenters. The van der Waals surface area contributed by atoms with Crippen LogP contribution in [0.25, 0.3) is 0 Å². The molecule has 4 nitrogen and oxygen atoms in total. The number of unbranched alkanes of at least 4 members (excludes halogenated alkanes) is 4. The highest BCUT2D eigenvalue weighted by Gasteiger charge is 2.40. The highest BCUT2D eigenvalue weighted by Crippen LogP contribution is 2.60. The maximum absolute atomic E-state index is 13.1. The highest BCUT2D eigenvalue weighted by atomic mass is 33.7. The van der Waals surface area contributed by atoms with E-state index in [9.17, 15) is 4.57 Å². The lowest BCUT2D eigenvalue weighted by molar-refractivity contribution is 0.354. The predicted molar refractivity (Wildman–Crippen MR) is 180 cm³/mol. The van der Waals surface area contributed by atoms with Gasteiger partial charge in [-0.3, -0.25) is 0 Å². The summed E-state index contributed by atoms with van der Waals surface area (Å²) in [5.74, 6) is 2.09. The van der Waals surface area contributed by atoms with Gasteiger partial charge < -0.3 is 4.52 Å². The number of hydrogen-bond acceptors (Lipinski definition) is 9. The molecule has 3 fully saturated rings. The van der Waals surface area contributed by atoms with Crippen molar-refractivity contribution < 1.29 is 9.09 Å². The molecule has 0 N–H and O–H groups in total. The fraction of sp³-hybridized carbons (Fsp3) is 0.760. The van der Waals surface area contributed by atoms with E-state index < -0.39 is 7.67 Å². The Hall–Kier alpha value is 1.62. The van der Waals surface area contributed by atoms with Gasteiger partial charge >= 0.3 is 7.67 Å². The van der Waals surface area contributed by atoms with E-state index in [4.69, 9.17) is 4.52 Å². The van der Waals surface area contributed by atoms with Crippen LogP contribution in [0.15, 0.2) is 24.3 Å². The van der Waals surface area contributed by atoms with Crippen LogP contribution in [0.5, 0.6) is 5.75 Å². The largest absolute Gasteiger partial charge is 0.422 e. The summed E-state index contributed by atoms with van der Waals surface area (Å²) in [7, 11) is 17.0. The second-order valence-corrected chi connectivity index (χ2v) is 23.5. The Morgan fingerprint density at radius 1 is 0.892 bits per heavy atom. The van der Waals surface area contributed by atoms with Crippen molar-refractivity contribution >= 4 is 82.3 Å². The molecular formula is C25H41N2O2PS7. The molecule has 210 valence electrons. The van der Waals surface area contributed by atoms with Gasteiger partial charge in [-0.25, -0.2) is 13.9 Å². The Morgan fingerprint density at radius 2 is 1.54 bits per heavy atom. The van der Waals surface area contributed by atoms with Gasteiger partial charge in [0.1, 0.15) is 5.75 Å². The number of nitrogens with zero attached hydrogens (tertiary/aromatic N) is 2. The van der Waals surface area contributed by atoms with Crippen molar-refractivity contribution in [2.24, 2.45) is 0 Å². The van der Waals surface area contributed by atoms with Gasteiger partial charge in [0.05, 0.1) is 0 Å². The molecule has 12 heteroatoms. The lowest BCUT2D eigenvalue weighted by Crippen LogP contribution is -2.24. The fourth-order valence-electron chi connectivity index (χ4n) is 4.64. The van der Waals surface area contributed by atoms with E-state index >= 15 is 0 Å². The number of fused-ring (bicyclic) bond motifs is 2. The van der Waals surface area contributed by atoms with Crippen LogP contribution >= 0.6 is 82.3 Å². The standard InChI is InChI=1S/C25H41N2O2PS7/c1-26(2)30(28,27(3)4)29-20-13-10-12-19(15-20)11-8-6-5-7-9-14-22-24-17-25(33-32-24)23(16-21-18-31-21)35-37-36-34-22/h10,12-13,15,21-25H,5-9,11,14,16-18H2,1-4H3. The van der Waals surface area contributed by atoms with Crippen molar-refractivity contribution in [1.29, 1.82) is 0 Å². The Morgan fingerprint density at radius 3 is 2.24 bits per heavy atom. The van der Waals surface area contributed by atoms with Crippen LogP contribution in [0.4, 0.5) is 0 Å². The molecule has 0 amide bonds. The van der Waals surface area contributed by atoms with E-state index in [-0.39, 0.29) is 0 Å². The van der Waals surface area contributed by atoms with Crippen molar-refractivity contribution in [2.75, 3.05) is 33.9 Å². The van der Waals surface area contributed by atoms with E-state index in [1.807, 2.05) is 12.1 Å². The smallest absolute Gasteiger partial charge is 0.394 e. The summed E-state index contributed by atoms with van der Waals surface area (Å²) in [6, 6.07) is 8.13. The monoisotopic (exact) mass is 656 g/mol. The third-order valence-electron chi connectivity index (χ3n) is 6.94. The summed E-state index contributed by atoms with van der Waals surface area (Å²) in [4.78, 5) is 0. The van der Waals surface area contributed by atoms with Crippen molar-refractivity contribution in [3.63, 3.8) is 0 Å². The van der Waals surface area contributed by atoms with Crippen LogP contribution < -0.4 is 4.52 Å². The van der Waals surface area contributed by atoms with Gasteiger partial charge in [-0.05, 0) is 97.6 Å². The van der Waals surface area contributed by atoms with E-state index in [2.05, 4.69) is 86.7 Å². The topological polar surface area (TPSA) is 32.8 Å².